The number of benzene rings is 2. The average molecular weight is 400 g/mol. The zero-order valence-electron chi connectivity index (χ0n) is 15.8. The number of sulfone groups is 1. The molecule has 148 valence electrons. The van der Waals surface area contributed by atoms with Crippen LogP contribution in [0.25, 0.3) is 0 Å². The predicted octanol–water partition coefficient (Wildman–Crippen LogP) is 2.41. The molecule has 2 aromatic rings. The molecular formula is C21H25N3O3S. The molecular weight excluding hydrogens is 374 g/mol. The molecule has 1 N–H and O–H groups in total. The van der Waals surface area contributed by atoms with Crippen molar-refractivity contribution in [3.8, 4) is 0 Å². The first kappa shape index (κ1) is 20.1. The molecule has 1 heterocycles. The fourth-order valence-electron chi connectivity index (χ4n) is 3.28. The lowest BCUT2D eigenvalue weighted by Gasteiger charge is -2.36. The first-order valence-electron chi connectivity index (χ1n) is 9.24. The van der Waals surface area contributed by atoms with Gasteiger partial charge >= 0.3 is 0 Å². The quantitative estimate of drug-likeness (QED) is 0.724. The van der Waals surface area contributed by atoms with Gasteiger partial charge in [0.1, 0.15) is 5.75 Å². The van der Waals surface area contributed by atoms with E-state index in [2.05, 4.69) is 21.7 Å². The van der Waals surface area contributed by atoms with Crippen molar-refractivity contribution in [2.24, 2.45) is 0 Å². The van der Waals surface area contributed by atoms with Crippen LogP contribution in [0.15, 0.2) is 72.1 Å². The zero-order valence-corrected chi connectivity index (χ0v) is 16.6. The minimum Gasteiger partial charge on any atom is -0.367 e. The molecule has 0 atom stereocenters. The van der Waals surface area contributed by atoms with Crippen LogP contribution >= 0.6 is 0 Å². The van der Waals surface area contributed by atoms with Crippen molar-refractivity contribution >= 4 is 27.1 Å². The fourth-order valence-corrected chi connectivity index (χ4v) is 4.43. The van der Waals surface area contributed by atoms with Crippen LogP contribution in [0.3, 0.4) is 0 Å². The number of rotatable bonds is 7. The normalized spacial score (nSPS) is 15.2. The highest BCUT2D eigenvalue weighted by atomic mass is 32.2. The summed E-state index contributed by atoms with van der Waals surface area (Å²) in [5, 5.41) is 2.78. The average Bonchev–Trinajstić information content (AvgIpc) is 2.70. The summed E-state index contributed by atoms with van der Waals surface area (Å²) >= 11 is 0. The van der Waals surface area contributed by atoms with Crippen LogP contribution in [-0.2, 0) is 14.6 Å². The Labute approximate surface area is 166 Å². The Morgan fingerprint density at radius 3 is 2.32 bits per heavy atom. The number of amides is 1. The van der Waals surface area contributed by atoms with Gasteiger partial charge in [-0.1, -0.05) is 36.4 Å². The van der Waals surface area contributed by atoms with Gasteiger partial charge in [-0.3, -0.25) is 9.69 Å². The molecule has 1 saturated heterocycles. The molecule has 7 heteroatoms. The van der Waals surface area contributed by atoms with Crippen molar-refractivity contribution in [2.45, 2.75) is 4.90 Å². The largest absolute Gasteiger partial charge is 0.367 e. The monoisotopic (exact) mass is 399 g/mol. The van der Waals surface area contributed by atoms with Gasteiger partial charge in [0.05, 0.1) is 16.3 Å². The molecule has 0 bridgehead atoms. The maximum absolute atomic E-state index is 12.4. The molecule has 6 nitrogen and oxygen atoms in total. The van der Waals surface area contributed by atoms with Crippen LogP contribution in [0, 0.1) is 0 Å². The lowest BCUT2D eigenvalue weighted by Crippen LogP contribution is -2.46. The lowest BCUT2D eigenvalue weighted by atomic mass is 10.2. The smallest absolute Gasteiger partial charge is 0.240 e. The summed E-state index contributed by atoms with van der Waals surface area (Å²) in [5.74, 6) is -1.13. The van der Waals surface area contributed by atoms with E-state index in [1.54, 1.807) is 24.3 Å². The van der Waals surface area contributed by atoms with Crippen molar-refractivity contribution in [2.75, 3.05) is 48.7 Å². The number of anilines is 2. The van der Waals surface area contributed by atoms with Gasteiger partial charge in [0.25, 0.3) is 0 Å². The Hall–Kier alpha value is -2.64. The number of carbonyl (C=O) groups is 1. The molecule has 1 aliphatic heterocycles. The second-order valence-electron chi connectivity index (χ2n) is 6.71. The zero-order chi connectivity index (χ0) is 20.0. The van der Waals surface area contributed by atoms with E-state index in [0.29, 0.717) is 5.69 Å². The second-order valence-corrected chi connectivity index (χ2v) is 8.70. The summed E-state index contributed by atoms with van der Waals surface area (Å²) in [5.41, 5.74) is 1.54. The number of hydrogen-bond donors (Lipinski definition) is 1. The Morgan fingerprint density at radius 1 is 1.00 bits per heavy atom. The maximum atomic E-state index is 12.4. The third-order valence-corrected chi connectivity index (χ3v) is 6.33. The fraction of sp³-hybridized carbons (Fsp3) is 0.286. The molecule has 2 aromatic carbocycles. The summed E-state index contributed by atoms with van der Waals surface area (Å²) in [6.07, 6.45) is 1.90. The van der Waals surface area contributed by atoms with Gasteiger partial charge in [0.2, 0.25) is 5.91 Å². The third-order valence-electron chi connectivity index (χ3n) is 4.70. The molecule has 0 aliphatic carbocycles. The summed E-state index contributed by atoms with van der Waals surface area (Å²) in [7, 11) is -3.67. The predicted molar refractivity (Wildman–Crippen MR) is 112 cm³/mol. The van der Waals surface area contributed by atoms with Crippen molar-refractivity contribution in [1.82, 2.24) is 4.90 Å². The van der Waals surface area contributed by atoms with Gasteiger partial charge in [-0.05, 0) is 24.3 Å². The van der Waals surface area contributed by atoms with E-state index >= 15 is 0 Å². The Morgan fingerprint density at radius 2 is 1.64 bits per heavy atom. The summed E-state index contributed by atoms with van der Waals surface area (Å²) < 4.78 is 24.9. The van der Waals surface area contributed by atoms with Gasteiger partial charge in [-0.15, -0.1) is 6.58 Å². The Bertz CT molecular complexity index is 921. The van der Waals surface area contributed by atoms with Crippen LogP contribution in [0.4, 0.5) is 11.4 Å². The molecule has 0 spiro atoms. The third kappa shape index (κ3) is 4.99. The number of para-hydroxylation sites is 2. The Kier molecular flexibility index (Phi) is 6.49. The lowest BCUT2D eigenvalue weighted by molar-refractivity contribution is -0.113. The SMILES string of the molecule is C=CCN1CCN(c2ccccc2NC(=O)CS(=O)(=O)c2ccccc2)CC1. The van der Waals surface area contributed by atoms with Crippen LogP contribution < -0.4 is 10.2 Å². The van der Waals surface area contributed by atoms with Gasteiger partial charge < -0.3 is 10.2 Å². The van der Waals surface area contributed by atoms with E-state index in [9.17, 15) is 13.2 Å². The van der Waals surface area contributed by atoms with Crippen LogP contribution in [0.2, 0.25) is 0 Å². The van der Waals surface area contributed by atoms with E-state index in [4.69, 9.17) is 0 Å². The van der Waals surface area contributed by atoms with Crippen molar-refractivity contribution < 1.29 is 13.2 Å². The van der Waals surface area contributed by atoms with Crippen molar-refractivity contribution in [3.05, 3.63) is 67.3 Å². The second kappa shape index (κ2) is 9.03. The molecule has 0 saturated carbocycles. The number of hydrogen-bond acceptors (Lipinski definition) is 5. The molecule has 28 heavy (non-hydrogen) atoms. The van der Waals surface area contributed by atoms with Crippen LogP contribution in [-0.4, -0.2) is 57.7 Å². The maximum Gasteiger partial charge on any atom is 0.240 e. The summed E-state index contributed by atoms with van der Waals surface area (Å²) in [4.78, 5) is 17.1. The molecule has 0 aromatic heterocycles. The van der Waals surface area contributed by atoms with E-state index in [1.807, 2.05) is 24.3 Å². The van der Waals surface area contributed by atoms with E-state index in [-0.39, 0.29) is 4.90 Å². The van der Waals surface area contributed by atoms with Gasteiger partial charge in [0.15, 0.2) is 9.84 Å². The highest BCUT2D eigenvalue weighted by Crippen LogP contribution is 2.27. The summed E-state index contributed by atoms with van der Waals surface area (Å²) in [6, 6.07) is 15.5. The van der Waals surface area contributed by atoms with Crippen molar-refractivity contribution in [3.63, 3.8) is 0 Å². The number of nitrogens with zero attached hydrogens (tertiary/aromatic N) is 2. The standard InChI is InChI=1S/C21H25N3O3S/c1-2-12-23-13-15-24(16-14-23)20-11-7-6-10-19(20)22-21(25)17-28(26,27)18-8-4-3-5-9-18/h2-11H,1,12-17H2,(H,22,25). The molecule has 3 rings (SSSR count). The van der Waals surface area contributed by atoms with Gasteiger partial charge in [0, 0.05) is 32.7 Å². The number of nitrogens with one attached hydrogen (secondary N) is 1. The van der Waals surface area contributed by atoms with E-state index in [1.165, 1.54) is 12.1 Å². The summed E-state index contributed by atoms with van der Waals surface area (Å²) in [6.45, 7) is 8.14. The highest BCUT2D eigenvalue weighted by molar-refractivity contribution is 7.92. The van der Waals surface area contributed by atoms with E-state index < -0.39 is 21.5 Å². The molecule has 0 unspecified atom stereocenters. The highest BCUT2D eigenvalue weighted by Gasteiger charge is 2.22. The van der Waals surface area contributed by atoms with Crippen LogP contribution in [0.1, 0.15) is 0 Å². The molecule has 0 radical (unpaired) electrons. The number of piperazine rings is 1. The van der Waals surface area contributed by atoms with Crippen LogP contribution in [0.5, 0.6) is 0 Å². The molecule has 1 fully saturated rings. The number of carbonyl (C=O) groups excluding carboxylic acids is 1. The minimum atomic E-state index is -3.67. The topological polar surface area (TPSA) is 69.7 Å². The molecule has 1 aliphatic rings. The van der Waals surface area contributed by atoms with E-state index in [0.717, 1.165) is 38.4 Å². The first-order chi connectivity index (χ1) is 13.5. The minimum absolute atomic E-state index is 0.150. The van der Waals surface area contributed by atoms with Gasteiger partial charge in [-0.25, -0.2) is 8.42 Å². The molecule has 1 amide bonds. The first-order valence-corrected chi connectivity index (χ1v) is 10.9. The Balaban J connectivity index is 1.68. The van der Waals surface area contributed by atoms with Gasteiger partial charge in [-0.2, -0.15) is 0 Å². The van der Waals surface area contributed by atoms with Crippen molar-refractivity contribution in [1.29, 1.82) is 0 Å².